The average Bonchev–Trinajstić information content (AvgIpc) is 3.27. The minimum atomic E-state index is -0.962. The molecule has 0 radical (unpaired) electrons. The first kappa shape index (κ1) is 30.8. The summed E-state index contributed by atoms with van der Waals surface area (Å²) < 4.78 is 6.18. The number of imide groups is 1. The molecule has 2 N–H and O–H groups in total. The Morgan fingerprint density at radius 2 is 1.75 bits per heavy atom. The van der Waals surface area contributed by atoms with Crippen LogP contribution in [-0.4, -0.2) is 64.1 Å². The number of carbonyl (C=O) groups is 2. The minimum Gasteiger partial charge on any atom is -0.507 e. The maximum absolute atomic E-state index is 14.2. The predicted octanol–water partition coefficient (Wildman–Crippen LogP) is 5.84. The van der Waals surface area contributed by atoms with Crippen LogP contribution >= 0.6 is 0 Å². The van der Waals surface area contributed by atoms with Gasteiger partial charge in [-0.3, -0.25) is 19.4 Å². The van der Waals surface area contributed by atoms with Gasteiger partial charge in [0.25, 0.3) is 0 Å². The van der Waals surface area contributed by atoms with Crippen molar-refractivity contribution < 1.29 is 24.4 Å². The van der Waals surface area contributed by atoms with Crippen LogP contribution in [0.4, 0.5) is 0 Å². The monoisotopic (exact) mass is 596 g/mol. The summed E-state index contributed by atoms with van der Waals surface area (Å²) >= 11 is 0. The molecule has 0 saturated carbocycles. The van der Waals surface area contributed by atoms with Crippen LogP contribution in [0.1, 0.15) is 69.9 Å². The number of hydrogen-bond donors (Lipinski definition) is 2. The lowest BCUT2D eigenvalue weighted by atomic mass is 9.58. The van der Waals surface area contributed by atoms with Crippen LogP contribution in [0.3, 0.4) is 0 Å². The SMILES string of the molecule is CCCC1=C2[C@@H](CC/C(C)=C/c3ccccc3O)OB(O)C[C@@H]2[C@@H]2C(=O)N(C3CCN(Cc4ccccc4)CC3)C(=O)[C@@H]2C1. The van der Waals surface area contributed by atoms with E-state index in [4.69, 9.17) is 4.65 Å². The van der Waals surface area contributed by atoms with Crippen LogP contribution in [0.5, 0.6) is 5.75 Å². The molecule has 8 heteroatoms. The van der Waals surface area contributed by atoms with Crippen LogP contribution in [0.2, 0.25) is 6.32 Å². The number of para-hydroxylation sites is 1. The highest BCUT2D eigenvalue weighted by Crippen LogP contribution is 2.52. The van der Waals surface area contributed by atoms with E-state index in [1.165, 1.54) is 11.1 Å². The maximum Gasteiger partial charge on any atom is 0.455 e. The second kappa shape index (κ2) is 13.4. The number of amides is 2. The zero-order valence-electron chi connectivity index (χ0n) is 26.0. The summed E-state index contributed by atoms with van der Waals surface area (Å²) in [6.07, 6.45) is 7.50. The molecular weight excluding hydrogens is 551 g/mol. The second-order valence-electron chi connectivity index (χ2n) is 13.2. The molecule has 232 valence electrons. The molecule has 7 nitrogen and oxygen atoms in total. The molecule has 2 amide bonds. The third kappa shape index (κ3) is 6.30. The topological polar surface area (TPSA) is 90.3 Å². The van der Waals surface area contributed by atoms with Crippen LogP contribution in [0, 0.1) is 17.8 Å². The minimum absolute atomic E-state index is 0.00635. The number of carbonyl (C=O) groups excluding carboxylic acids is 2. The molecule has 3 saturated heterocycles. The molecule has 0 bridgehead atoms. The molecule has 2 aromatic carbocycles. The zero-order valence-corrected chi connectivity index (χ0v) is 26.0. The molecule has 3 aliphatic heterocycles. The Bertz CT molecular complexity index is 1420. The number of hydrogen-bond acceptors (Lipinski definition) is 6. The number of rotatable bonds is 9. The highest BCUT2D eigenvalue weighted by Gasteiger charge is 2.58. The maximum atomic E-state index is 14.2. The lowest BCUT2D eigenvalue weighted by Crippen LogP contribution is -2.48. The van der Waals surface area contributed by atoms with Gasteiger partial charge in [-0.2, -0.15) is 0 Å². The molecule has 1 aliphatic carbocycles. The number of fused-ring (bicyclic) bond motifs is 3. The van der Waals surface area contributed by atoms with Crippen molar-refractivity contribution in [2.24, 2.45) is 17.8 Å². The number of nitrogens with zero attached hydrogens (tertiary/aromatic N) is 2. The molecule has 4 aliphatic rings. The van der Waals surface area contributed by atoms with E-state index in [1.807, 2.05) is 37.3 Å². The van der Waals surface area contributed by atoms with E-state index >= 15 is 0 Å². The number of aromatic hydroxyl groups is 1. The normalized spacial score (nSPS) is 26.8. The number of phenolic OH excluding ortho intramolecular Hbond substituents is 1. The largest absolute Gasteiger partial charge is 0.507 e. The molecule has 2 aromatic rings. The summed E-state index contributed by atoms with van der Waals surface area (Å²) in [5.74, 6) is -0.728. The van der Waals surface area contributed by atoms with Gasteiger partial charge in [0.15, 0.2) is 0 Å². The van der Waals surface area contributed by atoms with Gasteiger partial charge in [-0.25, -0.2) is 0 Å². The Hall–Kier alpha value is -3.20. The Labute approximate surface area is 261 Å². The van der Waals surface area contributed by atoms with Gasteiger partial charge in [-0.15, -0.1) is 0 Å². The first-order valence-electron chi connectivity index (χ1n) is 16.5. The van der Waals surface area contributed by atoms with Crippen molar-refractivity contribution in [3.05, 3.63) is 82.4 Å². The number of benzene rings is 2. The van der Waals surface area contributed by atoms with Crippen molar-refractivity contribution in [2.45, 2.75) is 83.8 Å². The molecule has 3 heterocycles. The summed E-state index contributed by atoms with van der Waals surface area (Å²) in [4.78, 5) is 32.2. The standard InChI is InChI=1S/C36H45BN2O5/c1-3-9-27-21-29-34(36(42)39(35(29)41)28-16-18-38(19-17-28)23-25-10-5-4-6-11-25)30-22-37(43)44-32(33(27)30)15-14-24(2)20-26-12-7-8-13-31(26)40/h4-8,10-13,20,28-30,32,34,40,43H,3,9,14-19,21-23H2,1-2H3/b24-20+/t29-,30+,32-,34-/m1/s1. The van der Waals surface area contributed by atoms with Gasteiger partial charge in [0.1, 0.15) is 5.75 Å². The Morgan fingerprint density at radius 1 is 1.02 bits per heavy atom. The molecule has 0 spiro atoms. The van der Waals surface area contributed by atoms with E-state index in [9.17, 15) is 19.7 Å². The van der Waals surface area contributed by atoms with Crippen molar-refractivity contribution in [1.29, 1.82) is 0 Å². The first-order valence-corrected chi connectivity index (χ1v) is 16.5. The molecule has 3 fully saturated rings. The van der Waals surface area contributed by atoms with E-state index in [-0.39, 0.29) is 41.5 Å². The Kier molecular flexibility index (Phi) is 9.41. The van der Waals surface area contributed by atoms with Crippen molar-refractivity contribution in [1.82, 2.24) is 9.80 Å². The number of allylic oxidation sites excluding steroid dienone is 2. The zero-order chi connectivity index (χ0) is 30.8. The smallest absolute Gasteiger partial charge is 0.455 e. The third-order valence-electron chi connectivity index (χ3n) is 10.2. The average molecular weight is 597 g/mol. The van der Waals surface area contributed by atoms with Gasteiger partial charge in [-0.1, -0.05) is 79.1 Å². The molecule has 0 aromatic heterocycles. The predicted molar refractivity (Wildman–Crippen MR) is 172 cm³/mol. The van der Waals surface area contributed by atoms with Gasteiger partial charge in [0, 0.05) is 31.2 Å². The van der Waals surface area contributed by atoms with Crippen LogP contribution in [0.25, 0.3) is 6.08 Å². The number of likely N-dealkylation sites (tertiary alicyclic amines) is 2. The molecule has 44 heavy (non-hydrogen) atoms. The summed E-state index contributed by atoms with van der Waals surface area (Å²) in [5, 5.41) is 21.1. The molecular formula is C36H45BN2O5. The summed E-state index contributed by atoms with van der Waals surface area (Å²) in [7, 11) is -0.962. The summed E-state index contributed by atoms with van der Waals surface area (Å²) in [6.45, 7) is 6.81. The lowest BCUT2D eigenvalue weighted by Gasteiger charge is -2.43. The van der Waals surface area contributed by atoms with E-state index < -0.39 is 13.0 Å². The van der Waals surface area contributed by atoms with Crippen molar-refractivity contribution in [3.8, 4) is 5.75 Å². The van der Waals surface area contributed by atoms with E-state index in [0.29, 0.717) is 19.2 Å². The van der Waals surface area contributed by atoms with Crippen molar-refractivity contribution in [3.63, 3.8) is 0 Å². The van der Waals surface area contributed by atoms with Gasteiger partial charge in [0.05, 0.1) is 17.9 Å². The van der Waals surface area contributed by atoms with Gasteiger partial charge in [-0.05, 0) is 74.9 Å². The quantitative estimate of drug-likeness (QED) is 0.215. The highest BCUT2D eigenvalue weighted by atomic mass is 16.5. The number of phenols is 1. The third-order valence-corrected chi connectivity index (χ3v) is 10.2. The van der Waals surface area contributed by atoms with Crippen LogP contribution in [-0.2, 0) is 20.8 Å². The fourth-order valence-corrected chi connectivity index (χ4v) is 8.17. The van der Waals surface area contributed by atoms with E-state index in [1.54, 1.807) is 11.0 Å². The lowest BCUT2D eigenvalue weighted by molar-refractivity contribution is -0.144. The first-order chi connectivity index (χ1) is 21.3. The van der Waals surface area contributed by atoms with Crippen LogP contribution in [0.15, 0.2) is 71.3 Å². The second-order valence-corrected chi connectivity index (χ2v) is 13.2. The van der Waals surface area contributed by atoms with Gasteiger partial charge < -0.3 is 14.8 Å². The Balaban J connectivity index is 1.18. The van der Waals surface area contributed by atoms with E-state index in [0.717, 1.165) is 68.4 Å². The fraction of sp³-hybridized carbons (Fsp3) is 0.500. The summed E-state index contributed by atoms with van der Waals surface area (Å²) in [6, 6.07) is 17.7. The van der Waals surface area contributed by atoms with Crippen molar-refractivity contribution >= 4 is 25.0 Å². The van der Waals surface area contributed by atoms with Crippen molar-refractivity contribution in [2.75, 3.05) is 13.1 Å². The number of piperidine rings is 1. The molecule has 0 unspecified atom stereocenters. The van der Waals surface area contributed by atoms with Crippen LogP contribution < -0.4 is 0 Å². The summed E-state index contributed by atoms with van der Waals surface area (Å²) in [5.41, 5.74) is 5.58. The highest BCUT2D eigenvalue weighted by molar-refractivity contribution is 6.43. The molecule has 6 rings (SSSR count). The molecule has 4 atom stereocenters. The fourth-order valence-electron chi connectivity index (χ4n) is 8.17. The Morgan fingerprint density at radius 3 is 2.48 bits per heavy atom. The van der Waals surface area contributed by atoms with Gasteiger partial charge in [0.2, 0.25) is 11.8 Å². The van der Waals surface area contributed by atoms with E-state index in [2.05, 4.69) is 36.1 Å². The van der Waals surface area contributed by atoms with Gasteiger partial charge >= 0.3 is 7.12 Å².